The summed E-state index contributed by atoms with van der Waals surface area (Å²) in [5.74, 6) is -0.166. The summed E-state index contributed by atoms with van der Waals surface area (Å²) in [6.07, 6.45) is 0. The molecule has 2 atom stereocenters. The minimum absolute atomic E-state index is 0.136. The first-order valence-electron chi connectivity index (χ1n) is 8.51. The summed E-state index contributed by atoms with van der Waals surface area (Å²) in [6, 6.07) is 25.3. The highest BCUT2D eigenvalue weighted by Gasteiger charge is 2.28. The van der Waals surface area contributed by atoms with E-state index in [1.165, 1.54) is 0 Å². The number of benzene rings is 3. The molecule has 0 saturated heterocycles. The quantitative estimate of drug-likeness (QED) is 0.382. The van der Waals surface area contributed by atoms with Crippen molar-refractivity contribution in [3.8, 4) is 11.5 Å². The molecule has 132 valence electrons. The lowest BCUT2D eigenvalue weighted by Crippen LogP contribution is -2.28. The number of para-hydroxylation sites is 3. The number of nitrogens with one attached hydrogen (secondary N) is 1. The largest absolute Gasteiger partial charge is 0.506 e. The van der Waals surface area contributed by atoms with E-state index >= 15 is 0 Å². The number of phenols is 1. The fraction of sp³-hybridized carbons (Fsp3) is 0.136. The molecule has 3 aromatic carbocycles. The van der Waals surface area contributed by atoms with Crippen LogP contribution < -0.4 is 10.1 Å². The molecule has 0 spiro atoms. The Hall–Kier alpha value is -3.27. The number of ether oxygens (including phenoxy) is 1. The van der Waals surface area contributed by atoms with Crippen molar-refractivity contribution in [2.24, 2.45) is 5.92 Å². The van der Waals surface area contributed by atoms with Gasteiger partial charge in [0.25, 0.3) is 0 Å². The van der Waals surface area contributed by atoms with Crippen molar-refractivity contribution in [2.75, 3.05) is 5.32 Å². The Morgan fingerprint density at radius 1 is 0.885 bits per heavy atom. The number of carbonyl (C=O) groups is 1. The lowest BCUT2D eigenvalue weighted by Gasteiger charge is -2.25. The highest BCUT2D eigenvalue weighted by molar-refractivity contribution is 5.76. The van der Waals surface area contributed by atoms with Gasteiger partial charge < -0.3 is 15.2 Å². The van der Waals surface area contributed by atoms with Gasteiger partial charge in [0.05, 0.1) is 17.6 Å². The normalized spacial score (nSPS) is 12.8. The summed E-state index contributed by atoms with van der Waals surface area (Å²) in [5, 5.41) is 13.4. The molecular formula is C22H21NO3. The molecule has 0 heterocycles. The third-order valence-electron chi connectivity index (χ3n) is 4.21. The van der Waals surface area contributed by atoms with Gasteiger partial charge in [-0.3, -0.25) is 4.79 Å². The summed E-state index contributed by atoms with van der Waals surface area (Å²) in [5.41, 5.74) is 1.51. The number of phenolic OH excluding ortho intramolecular Hbond substituents is 1. The van der Waals surface area contributed by atoms with Gasteiger partial charge in [-0.15, -0.1) is 0 Å². The molecule has 0 aliphatic carbocycles. The summed E-state index contributed by atoms with van der Waals surface area (Å²) in [6.45, 7) is 1.82. The van der Waals surface area contributed by atoms with Crippen molar-refractivity contribution < 1.29 is 14.6 Å². The van der Waals surface area contributed by atoms with Crippen LogP contribution in [0.4, 0.5) is 5.69 Å². The van der Waals surface area contributed by atoms with Crippen LogP contribution in [0, 0.1) is 5.92 Å². The third kappa shape index (κ3) is 4.22. The standard InChI is InChI=1S/C22H21NO3/c1-16(22(25)26-18-12-6-3-7-13-18)21(17-10-4-2-5-11-17)23-19-14-8-9-15-20(19)24/h2-16,21,23-24H,1H3/t16-,21+/m1/s1. The second kappa shape index (κ2) is 8.21. The van der Waals surface area contributed by atoms with Gasteiger partial charge in [0.15, 0.2) is 0 Å². The number of hydrogen-bond donors (Lipinski definition) is 2. The van der Waals surface area contributed by atoms with E-state index in [0.29, 0.717) is 11.4 Å². The molecule has 0 saturated carbocycles. The van der Waals surface area contributed by atoms with E-state index in [4.69, 9.17) is 4.74 Å². The number of anilines is 1. The van der Waals surface area contributed by atoms with Crippen molar-refractivity contribution in [3.63, 3.8) is 0 Å². The monoisotopic (exact) mass is 347 g/mol. The molecule has 0 aliphatic rings. The molecule has 0 radical (unpaired) electrons. The Bertz CT molecular complexity index is 850. The van der Waals surface area contributed by atoms with E-state index < -0.39 is 5.92 Å². The number of aromatic hydroxyl groups is 1. The summed E-state index contributed by atoms with van der Waals surface area (Å²) in [4.78, 5) is 12.7. The molecule has 4 heteroatoms. The Balaban J connectivity index is 1.85. The van der Waals surface area contributed by atoms with Gasteiger partial charge in [-0.25, -0.2) is 0 Å². The van der Waals surface area contributed by atoms with Crippen LogP contribution >= 0.6 is 0 Å². The minimum Gasteiger partial charge on any atom is -0.506 e. The van der Waals surface area contributed by atoms with Gasteiger partial charge in [-0.1, -0.05) is 60.7 Å². The molecular weight excluding hydrogens is 326 g/mol. The molecule has 0 bridgehead atoms. The molecule has 3 aromatic rings. The van der Waals surface area contributed by atoms with Gasteiger partial charge >= 0.3 is 5.97 Å². The van der Waals surface area contributed by atoms with Crippen molar-refractivity contribution in [2.45, 2.75) is 13.0 Å². The Labute approximate surface area is 153 Å². The van der Waals surface area contributed by atoms with Gasteiger partial charge in [0, 0.05) is 0 Å². The van der Waals surface area contributed by atoms with Gasteiger partial charge in [-0.2, -0.15) is 0 Å². The Kier molecular flexibility index (Phi) is 5.54. The summed E-state index contributed by atoms with van der Waals surface area (Å²) in [7, 11) is 0. The van der Waals surface area contributed by atoms with E-state index in [-0.39, 0.29) is 17.8 Å². The van der Waals surface area contributed by atoms with E-state index in [9.17, 15) is 9.90 Å². The fourth-order valence-electron chi connectivity index (χ4n) is 2.75. The van der Waals surface area contributed by atoms with Crippen molar-refractivity contribution in [3.05, 3.63) is 90.5 Å². The summed E-state index contributed by atoms with van der Waals surface area (Å²) < 4.78 is 5.51. The second-order valence-corrected chi connectivity index (χ2v) is 6.07. The van der Waals surface area contributed by atoms with E-state index in [2.05, 4.69) is 5.32 Å². The number of hydrogen-bond acceptors (Lipinski definition) is 4. The van der Waals surface area contributed by atoms with Gasteiger partial charge in [0.2, 0.25) is 0 Å². The molecule has 26 heavy (non-hydrogen) atoms. The lowest BCUT2D eigenvalue weighted by molar-refractivity contribution is -0.138. The van der Waals surface area contributed by atoms with Crippen molar-refractivity contribution in [1.29, 1.82) is 0 Å². The van der Waals surface area contributed by atoms with Crippen LogP contribution in [0.3, 0.4) is 0 Å². The highest BCUT2D eigenvalue weighted by Crippen LogP contribution is 2.32. The maximum Gasteiger partial charge on any atom is 0.316 e. The number of esters is 1. The zero-order valence-electron chi connectivity index (χ0n) is 14.5. The number of carbonyl (C=O) groups excluding carboxylic acids is 1. The van der Waals surface area contributed by atoms with Crippen LogP contribution in [-0.4, -0.2) is 11.1 Å². The molecule has 3 rings (SSSR count). The molecule has 0 amide bonds. The maximum atomic E-state index is 12.7. The maximum absolute atomic E-state index is 12.7. The smallest absolute Gasteiger partial charge is 0.316 e. The van der Waals surface area contributed by atoms with Crippen molar-refractivity contribution in [1.82, 2.24) is 0 Å². The topological polar surface area (TPSA) is 58.6 Å². The first kappa shape index (κ1) is 17.5. The molecule has 0 unspecified atom stereocenters. The molecule has 0 aromatic heterocycles. The van der Waals surface area contributed by atoms with Crippen LogP contribution in [0.5, 0.6) is 11.5 Å². The molecule has 4 nitrogen and oxygen atoms in total. The zero-order valence-corrected chi connectivity index (χ0v) is 14.5. The third-order valence-corrected chi connectivity index (χ3v) is 4.21. The first-order valence-corrected chi connectivity index (χ1v) is 8.51. The van der Waals surface area contributed by atoms with Crippen LogP contribution in [0.1, 0.15) is 18.5 Å². The molecule has 2 N–H and O–H groups in total. The van der Waals surface area contributed by atoms with Gasteiger partial charge in [-0.05, 0) is 36.8 Å². The average molecular weight is 347 g/mol. The van der Waals surface area contributed by atoms with Crippen LogP contribution in [0.25, 0.3) is 0 Å². The first-order chi connectivity index (χ1) is 12.6. The molecule has 0 aliphatic heterocycles. The number of rotatable bonds is 6. The van der Waals surface area contributed by atoms with Crippen LogP contribution in [0.15, 0.2) is 84.9 Å². The Morgan fingerprint density at radius 2 is 1.46 bits per heavy atom. The SMILES string of the molecule is C[C@@H](C(=O)Oc1ccccc1)[C@H](Nc1ccccc1O)c1ccccc1. The average Bonchev–Trinajstić information content (AvgIpc) is 2.68. The van der Waals surface area contributed by atoms with E-state index in [1.54, 1.807) is 30.3 Å². The van der Waals surface area contributed by atoms with Crippen molar-refractivity contribution >= 4 is 11.7 Å². The van der Waals surface area contributed by atoms with E-state index in [1.807, 2.05) is 61.5 Å². The predicted molar refractivity (Wildman–Crippen MR) is 102 cm³/mol. The van der Waals surface area contributed by atoms with Crippen LogP contribution in [-0.2, 0) is 4.79 Å². The lowest BCUT2D eigenvalue weighted by atomic mass is 9.94. The Morgan fingerprint density at radius 3 is 2.12 bits per heavy atom. The fourth-order valence-corrected chi connectivity index (χ4v) is 2.75. The highest BCUT2D eigenvalue weighted by atomic mass is 16.5. The van der Waals surface area contributed by atoms with Gasteiger partial charge in [0.1, 0.15) is 11.5 Å². The second-order valence-electron chi connectivity index (χ2n) is 6.07. The summed E-state index contributed by atoms with van der Waals surface area (Å²) >= 11 is 0. The predicted octanol–water partition coefficient (Wildman–Crippen LogP) is 4.79. The zero-order chi connectivity index (χ0) is 18.4. The van der Waals surface area contributed by atoms with Crippen LogP contribution in [0.2, 0.25) is 0 Å². The molecule has 0 fully saturated rings. The minimum atomic E-state index is -0.475. The van der Waals surface area contributed by atoms with E-state index in [0.717, 1.165) is 5.56 Å².